The third-order valence-electron chi connectivity index (χ3n) is 3.08. The molecule has 0 aliphatic heterocycles. The maximum Gasteiger partial charge on any atom is 0.178 e. The zero-order valence-electron chi connectivity index (χ0n) is 11.3. The molecule has 5 N–H and O–H groups in total. The second-order valence-electron chi connectivity index (χ2n) is 4.62. The quantitative estimate of drug-likeness (QED) is 0.410. The molecular weight excluding hydrogens is 266 g/mol. The molecule has 0 aliphatic carbocycles. The smallest absolute Gasteiger partial charge is 0.178 e. The molecule has 3 rings (SSSR count). The number of aromatic amines is 1. The van der Waals surface area contributed by atoms with E-state index in [-0.39, 0.29) is 5.84 Å². The van der Waals surface area contributed by atoms with Crippen LogP contribution in [-0.2, 0) is 13.1 Å². The Hall–Kier alpha value is -2.80. The van der Waals surface area contributed by atoms with Crippen LogP contribution in [0.1, 0.15) is 17.0 Å². The fourth-order valence-electron chi connectivity index (χ4n) is 2.09. The molecule has 106 valence electrons. The average molecular weight is 281 g/mol. The maximum absolute atomic E-state index is 7.56. The molecule has 0 fully saturated rings. The summed E-state index contributed by atoms with van der Waals surface area (Å²) in [7, 11) is 0. The summed E-state index contributed by atoms with van der Waals surface area (Å²) in [5.41, 5.74) is 8.54. The van der Waals surface area contributed by atoms with Crippen molar-refractivity contribution >= 4 is 17.0 Å². The minimum atomic E-state index is 0.000851. The normalized spacial score (nSPS) is 10.9. The van der Waals surface area contributed by atoms with Gasteiger partial charge in [-0.1, -0.05) is 6.07 Å². The molecule has 3 heterocycles. The number of nitrogen functional groups attached to an aromatic ring is 1. The molecule has 0 saturated carbocycles. The summed E-state index contributed by atoms with van der Waals surface area (Å²) in [5.74, 6) is 0.760. The van der Waals surface area contributed by atoms with Gasteiger partial charge in [0.15, 0.2) is 5.65 Å². The van der Waals surface area contributed by atoms with Gasteiger partial charge in [-0.15, -0.1) is 0 Å². The Bertz CT molecular complexity index is 763. The molecule has 7 nitrogen and oxygen atoms in total. The van der Waals surface area contributed by atoms with Gasteiger partial charge in [-0.3, -0.25) is 10.4 Å². The van der Waals surface area contributed by atoms with Crippen LogP contribution < -0.4 is 11.1 Å². The summed E-state index contributed by atoms with van der Waals surface area (Å²) in [4.78, 5) is 15.8. The van der Waals surface area contributed by atoms with E-state index in [4.69, 9.17) is 11.1 Å². The highest BCUT2D eigenvalue weighted by molar-refractivity contribution is 6.04. The van der Waals surface area contributed by atoms with Crippen LogP contribution in [0.2, 0.25) is 0 Å². The van der Waals surface area contributed by atoms with Gasteiger partial charge in [0.1, 0.15) is 11.7 Å². The monoisotopic (exact) mass is 281 g/mol. The molecule has 0 amide bonds. The number of H-pyrrole nitrogens is 1. The van der Waals surface area contributed by atoms with Crippen LogP contribution in [0, 0.1) is 5.41 Å². The SMILES string of the molecule is N=C(N)c1ccnc2nc(CNCc3cccnc3)[nH]c12. The number of aromatic nitrogens is 4. The molecule has 0 atom stereocenters. The lowest BCUT2D eigenvalue weighted by molar-refractivity contribution is 0.668. The first-order chi connectivity index (χ1) is 10.2. The summed E-state index contributed by atoms with van der Waals surface area (Å²) < 4.78 is 0. The highest BCUT2D eigenvalue weighted by atomic mass is 15.0. The molecular formula is C14H15N7. The summed E-state index contributed by atoms with van der Waals surface area (Å²) >= 11 is 0. The Kier molecular flexibility index (Phi) is 3.57. The van der Waals surface area contributed by atoms with Gasteiger partial charge in [0.2, 0.25) is 0 Å². The molecule has 0 saturated heterocycles. The number of rotatable bonds is 5. The third kappa shape index (κ3) is 2.87. The zero-order valence-corrected chi connectivity index (χ0v) is 11.3. The van der Waals surface area contributed by atoms with Crippen LogP contribution in [0.4, 0.5) is 0 Å². The molecule has 0 radical (unpaired) electrons. The van der Waals surface area contributed by atoms with E-state index < -0.39 is 0 Å². The Morgan fingerprint density at radius 2 is 2.19 bits per heavy atom. The predicted octanol–water partition coefficient (Wildman–Crippen LogP) is 0.927. The lowest BCUT2D eigenvalue weighted by Gasteiger charge is -2.01. The van der Waals surface area contributed by atoms with Crippen molar-refractivity contribution in [3.8, 4) is 0 Å². The number of amidine groups is 1. The first-order valence-corrected chi connectivity index (χ1v) is 6.51. The molecule has 0 spiro atoms. The van der Waals surface area contributed by atoms with Gasteiger partial charge >= 0.3 is 0 Å². The van der Waals surface area contributed by atoms with Crippen molar-refractivity contribution in [2.24, 2.45) is 5.73 Å². The second-order valence-corrected chi connectivity index (χ2v) is 4.62. The fraction of sp³-hybridized carbons (Fsp3) is 0.143. The number of hydrogen-bond acceptors (Lipinski definition) is 5. The van der Waals surface area contributed by atoms with Gasteiger partial charge in [0.25, 0.3) is 0 Å². The van der Waals surface area contributed by atoms with E-state index in [1.54, 1.807) is 18.5 Å². The molecule has 7 heteroatoms. The van der Waals surface area contributed by atoms with Crippen LogP contribution in [0.25, 0.3) is 11.2 Å². The number of hydrogen-bond donors (Lipinski definition) is 4. The van der Waals surface area contributed by atoms with Gasteiger partial charge in [0.05, 0.1) is 12.1 Å². The average Bonchev–Trinajstić information content (AvgIpc) is 2.90. The van der Waals surface area contributed by atoms with E-state index in [1.807, 2.05) is 18.3 Å². The minimum Gasteiger partial charge on any atom is -0.384 e. The van der Waals surface area contributed by atoms with Crippen molar-refractivity contribution in [3.63, 3.8) is 0 Å². The number of nitrogens with one attached hydrogen (secondary N) is 3. The Morgan fingerprint density at radius 3 is 2.95 bits per heavy atom. The predicted molar refractivity (Wildman–Crippen MR) is 79.7 cm³/mol. The van der Waals surface area contributed by atoms with Gasteiger partial charge in [-0.05, 0) is 17.7 Å². The Balaban J connectivity index is 1.73. The number of fused-ring (bicyclic) bond motifs is 1. The van der Waals surface area contributed by atoms with E-state index in [9.17, 15) is 0 Å². The Morgan fingerprint density at radius 1 is 1.29 bits per heavy atom. The maximum atomic E-state index is 7.56. The highest BCUT2D eigenvalue weighted by Crippen LogP contribution is 2.13. The molecule has 0 unspecified atom stereocenters. The number of imidazole rings is 1. The van der Waals surface area contributed by atoms with Crippen LogP contribution in [0.5, 0.6) is 0 Å². The molecule has 21 heavy (non-hydrogen) atoms. The molecule has 0 bridgehead atoms. The van der Waals surface area contributed by atoms with Crippen molar-refractivity contribution in [3.05, 3.63) is 53.7 Å². The third-order valence-corrected chi connectivity index (χ3v) is 3.08. The second kappa shape index (κ2) is 5.68. The van der Waals surface area contributed by atoms with Crippen molar-refractivity contribution in [2.45, 2.75) is 13.1 Å². The number of nitrogens with zero attached hydrogens (tertiary/aromatic N) is 3. The van der Waals surface area contributed by atoms with Crippen molar-refractivity contribution < 1.29 is 0 Å². The summed E-state index contributed by atoms with van der Waals surface area (Å²) in [6.07, 6.45) is 5.17. The lowest BCUT2D eigenvalue weighted by atomic mass is 10.2. The van der Waals surface area contributed by atoms with Crippen LogP contribution in [-0.4, -0.2) is 25.8 Å². The van der Waals surface area contributed by atoms with Crippen LogP contribution >= 0.6 is 0 Å². The zero-order chi connectivity index (χ0) is 14.7. The highest BCUT2D eigenvalue weighted by Gasteiger charge is 2.09. The van der Waals surface area contributed by atoms with Crippen molar-refractivity contribution in [2.75, 3.05) is 0 Å². The summed E-state index contributed by atoms with van der Waals surface area (Å²) in [6, 6.07) is 5.62. The van der Waals surface area contributed by atoms with Gasteiger partial charge < -0.3 is 16.0 Å². The Labute approximate surface area is 121 Å². The van der Waals surface area contributed by atoms with E-state index in [0.717, 1.165) is 11.4 Å². The van der Waals surface area contributed by atoms with E-state index in [1.165, 1.54) is 0 Å². The van der Waals surface area contributed by atoms with Crippen molar-refractivity contribution in [1.82, 2.24) is 25.3 Å². The molecule has 3 aromatic rings. The number of nitrogens with two attached hydrogens (primary N) is 1. The molecule has 0 aliphatic rings. The lowest BCUT2D eigenvalue weighted by Crippen LogP contribution is -2.14. The molecule has 3 aromatic heterocycles. The van der Waals surface area contributed by atoms with E-state index >= 15 is 0 Å². The largest absolute Gasteiger partial charge is 0.384 e. The topological polar surface area (TPSA) is 116 Å². The van der Waals surface area contributed by atoms with Crippen molar-refractivity contribution in [1.29, 1.82) is 5.41 Å². The van der Waals surface area contributed by atoms with Gasteiger partial charge in [0, 0.05) is 30.7 Å². The first kappa shape index (κ1) is 13.2. The number of pyridine rings is 2. The fourth-order valence-corrected chi connectivity index (χ4v) is 2.09. The van der Waals surface area contributed by atoms with E-state index in [2.05, 4.69) is 25.3 Å². The summed E-state index contributed by atoms with van der Waals surface area (Å²) in [5, 5.41) is 10.8. The van der Waals surface area contributed by atoms with Crippen LogP contribution in [0.3, 0.4) is 0 Å². The van der Waals surface area contributed by atoms with Crippen LogP contribution in [0.15, 0.2) is 36.8 Å². The summed E-state index contributed by atoms with van der Waals surface area (Å²) in [6.45, 7) is 1.28. The minimum absolute atomic E-state index is 0.000851. The van der Waals surface area contributed by atoms with Gasteiger partial charge in [-0.2, -0.15) is 0 Å². The first-order valence-electron chi connectivity index (χ1n) is 6.51. The standard InChI is InChI=1S/C14H15N7/c15-13(16)10-3-5-19-14-12(10)20-11(21-14)8-18-7-9-2-1-4-17-6-9/h1-6,18H,7-8H2,(H3,15,16)(H,19,20,21). The van der Waals surface area contributed by atoms with Gasteiger partial charge in [-0.25, -0.2) is 9.97 Å². The molecule has 0 aromatic carbocycles. The van der Waals surface area contributed by atoms with E-state index in [0.29, 0.717) is 29.8 Å².